The third kappa shape index (κ3) is 3.68. The molecule has 0 saturated carbocycles. The molecule has 2 N–H and O–H groups in total. The Morgan fingerprint density at radius 2 is 1.38 bits per heavy atom. The van der Waals surface area contributed by atoms with Crippen LogP contribution in [0.1, 0.15) is 61.3 Å². The van der Waals surface area contributed by atoms with Crippen molar-refractivity contribution in [2.24, 2.45) is 16.7 Å². The van der Waals surface area contributed by atoms with Gasteiger partial charge in [0, 0.05) is 0 Å². The van der Waals surface area contributed by atoms with Gasteiger partial charge in [-0.25, -0.2) is 0 Å². The molecule has 0 fully saturated rings. The fourth-order valence-electron chi connectivity index (χ4n) is 1.53. The molecule has 0 bridgehead atoms. The van der Waals surface area contributed by atoms with Crippen molar-refractivity contribution in [1.29, 1.82) is 0 Å². The molecule has 0 heterocycles. The fourth-order valence-corrected chi connectivity index (χ4v) is 1.53. The quantitative estimate of drug-likeness (QED) is 0.647. The molecule has 0 amide bonds. The third-order valence-electron chi connectivity index (χ3n) is 3.89. The van der Waals surface area contributed by atoms with Gasteiger partial charge in [0.25, 0.3) is 0 Å². The number of hydrogen-bond donors (Lipinski definition) is 0. The van der Waals surface area contributed by atoms with E-state index in [1.165, 1.54) is 12.8 Å². The van der Waals surface area contributed by atoms with Crippen LogP contribution < -0.4 is 0 Å². The summed E-state index contributed by atoms with van der Waals surface area (Å²) >= 11 is 0. The summed E-state index contributed by atoms with van der Waals surface area (Å²) in [5, 5.41) is 0. The maximum atomic E-state index is 2.40. The van der Waals surface area contributed by atoms with E-state index in [1.54, 1.807) is 0 Å². The lowest BCUT2D eigenvalue weighted by molar-refractivity contribution is 0.0589. The van der Waals surface area contributed by atoms with Gasteiger partial charge >= 0.3 is 0 Å². The Hall–Kier alpha value is -0.0400. The van der Waals surface area contributed by atoms with Crippen LogP contribution >= 0.6 is 0 Å². The molecule has 0 saturated heterocycles. The lowest BCUT2D eigenvalue weighted by atomic mass is 9.62. The summed E-state index contributed by atoms with van der Waals surface area (Å²) in [7, 11) is 0. The monoisotopic (exact) mass is 188 g/mol. The smallest absolute Gasteiger partial charge is 0.0280 e. The molecule has 13 heavy (non-hydrogen) atoms. The first-order chi connectivity index (χ1) is 5.23. The van der Waals surface area contributed by atoms with Gasteiger partial charge in [0.2, 0.25) is 0 Å². The zero-order valence-electron chi connectivity index (χ0n) is 10.5. The summed E-state index contributed by atoms with van der Waals surface area (Å²) in [4.78, 5) is 0. The standard InChI is InChI=1S/C12H26.H2O/c1-8-9-10(2)12(6,7)11(3,4)5;/h10H,8-9H2,1-7H3;1H2. The van der Waals surface area contributed by atoms with Crippen molar-refractivity contribution in [3.05, 3.63) is 0 Å². The summed E-state index contributed by atoms with van der Waals surface area (Å²) in [5.41, 5.74) is 0.866. The number of hydrogen-bond acceptors (Lipinski definition) is 0. The maximum absolute atomic E-state index is 2.40. The molecule has 1 unspecified atom stereocenters. The molecule has 1 heteroatoms. The van der Waals surface area contributed by atoms with E-state index >= 15 is 0 Å². The fraction of sp³-hybridized carbons (Fsp3) is 1.00. The molecule has 0 radical (unpaired) electrons. The zero-order valence-corrected chi connectivity index (χ0v) is 10.5. The minimum Gasteiger partial charge on any atom is -0.412 e. The Morgan fingerprint density at radius 3 is 1.62 bits per heavy atom. The van der Waals surface area contributed by atoms with E-state index in [0.29, 0.717) is 10.8 Å². The first-order valence-electron chi connectivity index (χ1n) is 5.23. The molecule has 0 rings (SSSR count). The van der Waals surface area contributed by atoms with Gasteiger partial charge in [-0.15, -0.1) is 0 Å². The van der Waals surface area contributed by atoms with Crippen LogP contribution in [0.15, 0.2) is 0 Å². The Bertz CT molecular complexity index is 131. The van der Waals surface area contributed by atoms with Crippen LogP contribution in [0.4, 0.5) is 0 Å². The van der Waals surface area contributed by atoms with Crippen molar-refractivity contribution in [2.45, 2.75) is 61.3 Å². The van der Waals surface area contributed by atoms with E-state index in [1.807, 2.05) is 0 Å². The Morgan fingerprint density at radius 1 is 1.00 bits per heavy atom. The molecule has 0 spiro atoms. The molecular formula is C12H28O. The highest BCUT2D eigenvalue weighted by Gasteiger charge is 2.36. The van der Waals surface area contributed by atoms with Crippen LogP contribution in [0.5, 0.6) is 0 Å². The average Bonchev–Trinajstić information content (AvgIpc) is 1.85. The van der Waals surface area contributed by atoms with Gasteiger partial charge in [-0.1, -0.05) is 61.3 Å². The Labute approximate surface area is 84.2 Å². The van der Waals surface area contributed by atoms with Crippen LogP contribution in [-0.2, 0) is 0 Å². The van der Waals surface area contributed by atoms with E-state index < -0.39 is 0 Å². The van der Waals surface area contributed by atoms with E-state index in [0.717, 1.165) is 5.92 Å². The Balaban J connectivity index is 0. The van der Waals surface area contributed by atoms with Crippen LogP contribution in [0.2, 0.25) is 0 Å². The molecule has 0 aromatic carbocycles. The SMILES string of the molecule is CCCC(C)C(C)(C)C(C)(C)C.O. The largest absolute Gasteiger partial charge is 0.412 e. The van der Waals surface area contributed by atoms with Crippen molar-refractivity contribution in [2.75, 3.05) is 0 Å². The van der Waals surface area contributed by atoms with Gasteiger partial charge < -0.3 is 5.48 Å². The zero-order chi connectivity index (χ0) is 9.99. The topological polar surface area (TPSA) is 31.5 Å². The highest BCUT2D eigenvalue weighted by atomic mass is 16.0. The van der Waals surface area contributed by atoms with Crippen molar-refractivity contribution in [3.63, 3.8) is 0 Å². The predicted octanol–water partition coefficient (Wildman–Crippen LogP) is 3.67. The lowest BCUT2D eigenvalue weighted by Crippen LogP contribution is -2.35. The molecule has 0 aromatic rings. The highest BCUT2D eigenvalue weighted by molar-refractivity contribution is 4.86. The van der Waals surface area contributed by atoms with E-state index in [4.69, 9.17) is 0 Å². The van der Waals surface area contributed by atoms with Gasteiger partial charge in [-0.3, -0.25) is 0 Å². The normalized spacial score (nSPS) is 15.0. The van der Waals surface area contributed by atoms with Crippen LogP contribution in [0.3, 0.4) is 0 Å². The summed E-state index contributed by atoms with van der Waals surface area (Å²) in [6.45, 7) is 16.5. The van der Waals surface area contributed by atoms with Crippen LogP contribution in [0.25, 0.3) is 0 Å². The second-order valence-electron chi connectivity index (χ2n) is 5.66. The summed E-state index contributed by atoms with van der Waals surface area (Å²) in [5.74, 6) is 0.822. The van der Waals surface area contributed by atoms with Crippen molar-refractivity contribution >= 4 is 0 Å². The van der Waals surface area contributed by atoms with Crippen LogP contribution in [-0.4, -0.2) is 5.48 Å². The molecule has 1 nitrogen and oxygen atoms in total. The van der Waals surface area contributed by atoms with Gasteiger partial charge in [-0.05, 0) is 16.7 Å². The Kier molecular flexibility index (Phi) is 5.93. The van der Waals surface area contributed by atoms with E-state index in [2.05, 4.69) is 48.5 Å². The molecule has 0 aliphatic rings. The van der Waals surface area contributed by atoms with Crippen molar-refractivity contribution in [1.82, 2.24) is 0 Å². The molecule has 0 aliphatic carbocycles. The van der Waals surface area contributed by atoms with Gasteiger partial charge in [-0.2, -0.15) is 0 Å². The van der Waals surface area contributed by atoms with E-state index in [9.17, 15) is 0 Å². The minimum atomic E-state index is 0. The molecule has 82 valence electrons. The predicted molar refractivity (Wildman–Crippen MR) is 60.9 cm³/mol. The van der Waals surface area contributed by atoms with Gasteiger partial charge in [0.1, 0.15) is 0 Å². The van der Waals surface area contributed by atoms with Gasteiger partial charge in [0.15, 0.2) is 0 Å². The summed E-state index contributed by atoms with van der Waals surface area (Å²) < 4.78 is 0. The van der Waals surface area contributed by atoms with Gasteiger partial charge in [0.05, 0.1) is 0 Å². The van der Waals surface area contributed by atoms with Crippen molar-refractivity contribution < 1.29 is 5.48 Å². The summed E-state index contributed by atoms with van der Waals surface area (Å²) in [6, 6.07) is 0. The van der Waals surface area contributed by atoms with E-state index in [-0.39, 0.29) is 5.48 Å². The minimum absolute atomic E-state index is 0. The van der Waals surface area contributed by atoms with Crippen LogP contribution in [0, 0.1) is 16.7 Å². The molecule has 0 aliphatic heterocycles. The molecule has 1 atom stereocenters. The molecule has 0 aromatic heterocycles. The molecular weight excluding hydrogens is 160 g/mol. The maximum Gasteiger partial charge on any atom is -0.0280 e. The second-order valence-corrected chi connectivity index (χ2v) is 5.66. The third-order valence-corrected chi connectivity index (χ3v) is 3.89. The van der Waals surface area contributed by atoms with Crippen molar-refractivity contribution in [3.8, 4) is 0 Å². The highest BCUT2D eigenvalue weighted by Crippen LogP contribution is 2.45. The lowest BCUT2D eigenvalue weighted by Gasteiger charge is -2.44. The average molecular weight is 188 g/mol. The first kappa shape index (κ1) is 15.4. The number of rotatable bonds is 3. The second kappa shape index (κ2) is 4.99. The summed E-state index contributed by atoms with van der Waals surface area (Å²) in [6.07, 6.45) is 2.66. The first-order valence-corrected chi connectivity index (χ1v) is 5.23.